The van der Waals surface area contributed by atoms with Crippen LogP contribution in [0.5, 0.6) is 5.75 Å². The van der Waals surface area contributed by atoms with E-state index in [0.29, 0.717) is 23.8 Å². The number of aromatic amines is 1. The lowest BCUT2D eigenvalue weighted by atomic mass is 9.93. The topological polar surface area (TPSA) is 89.5 Å². The van der Waals surface area contributed by atoms with Crippen molar-refractivity contribution in [2.75, 3.05) is 27.3 Å². The molecule has 8 nitrogen and oxygen atoms in total. The van der Waals surface area contributed by atoms with E-state index in [1.54, 1.807) is 25.3 Å². The maximum atomic E-state index is 12.0. The number of carbonyl (C=O) groups excluding carboxylic acids is 1. The molecule has 0 saturated carbocycles. The van der Waals surface area contributed by atoms with Crippen molar-refractivity contribution < 1.29 is 14.3 Å². The second kappa shape index (κ2) is 8.31. The number of fused-ring (bicyclic) bond motifs is 1. The molecule has 0 spiro atoms. The van der Waals surface area contributed by atoms with Crippen molar-refractivity contribution in [3.8, 4) is 5.75 Å². The van der Waals surface area contributed by atoms with E-state index in [2.05, 4.69) is 9.88 Å². The van der Waals surface area contributed by atoms with Crippen LogP contribution in [0.15, 0.2) is 35.1 Å². The number of esters is 1. The molecule has 1 aromatic carbocycles. The van der Waals surface area contributed by atoms with Crippen molar-refractivity contribution in [1.82, 2.24) is 19.4 Å². The SMILES string of the molecule is COC(=O)c1cc(OC)c2nc(CN3CCC(c4cccc(=O)[nH]4)CC3)n(C)c2c1. The number of H-pyrrole nitrogens is 1. The first-order valence-electron chi connectivity index (χ1n) is 10.0. The van der Waals surface area contributed by atoms with Crippen LogP contribution in [0.4, 0.5) is 0 Å². The van der Waals surface area contributed by atoms with Gasteiger partial charge in [0.05, 0.1) is 31.8 Å². The summed E-state index contributed by atoms with van der Waals surface area (Å²) in [5, 5.41) is 0. The van der Waals surface area contributed by atoms with Crippen LogP contribution in [-0.2, 0) is 18.3 Å². The molecule has 30 heavy (non-hydrogen) atoms. The first-order valence-corrected chi connectivity index (χ1v) is 10.0. The second-order valence-corrected chi connectivity index (χ2v) is 7.65. The monoisotopic (exact) mass is 410 g/mol. The van der Waals surface area contributed by atoms with Gasteiger partial charge in [0.1, 0.15) is 17.1 Å². The lowest BCUT2D eigenvalue weighted by Gasteiger charge is -2.31. The first-order chi connectivity index (χ1) is 14.5. The van der Waals surface area contributed by atoms with Gasteiger partial charge in [0.25, 0.3) is 0 Å². The van der Waals surface area contributed by atoms with Gasteiger partial charge in [-0.2, -0.15) is 0 Å². The van der Waals surface area contributed by atoms with E-state index in [0.717, 1.165) is 48.5 Å². The summed E-state index contributed by atoms with van der Waals surface area (Å²) in [4.78, 5) is 33.7. The first kappa shape index (κ1) is 20.2. The Morgan fingerprint density at radius 3 is 2.67 bits per heavy atom. The van der Waals surface area contributed by atoms with Gasteiger partial charge >= 0.3 is 5.97 Å². The second-order valence-electron chi connectivity index (χ2n) is 7.65. The highest BCUT2D eigenvalue weighted by molar-refractivity contribution is 5.96. The highest BCUT2D eigenvalue weighted by Gasteiger charge is 2.23. The minimum atomic E-state index is -0.404. The van der Waals surface area contributed by atoms with E-state index in [4.69, 9.17) is 14.5 Å². The zero-order chi connectivity index (χ0) is 21.3. The maximum absolute atomic E-state index is 12.0. The average Bonchev–Trinajstić information content (AvgIpc) is 3.08. The summed E-state index contributed by atoms with van der Waals surface area (Å²) in [6.45, 7) is 2.56. The predicted molar refractivity (Wildman–Crippen MR) is 113 cm³/mol. The Bertz CT molecular complexity index is 1130. The highest BCUT2D eigenvalue weighted by Crippen LogP contribution is 2.30. The minimum Gasteiger partial charge on any atom is -0.494 e. The molecule has 2 aromatic heterocycles. The van der Waals surface area contributed by atoms with E-state index in [1.165, 1.54) is 7.11 Å². The summed E-state index contributed by atoms with van der Waals surface area (Å²) in [7, 11) is 4.89. The van der Waals surface area contributed by atoms with Crippen LogP contribution < -0.4 is 10.3 Å². The number of hydrogen-bond donors (Lipinski definition) is 1. The average molecular weight is 410 g/mol. The largest absolute Gasteiger partial charge is 0.494 e. The zero-order valence-electron chi connectivity index (χ0n) is 17.5. The molecule has 158 valence electrons. The van der Waals surface area contributed by atoms with Crippen LogP contribution >= 0.6 is 0 Å². The van der Waals surface area contributed by atoms with Crippen LogP contribution in [0, 0.1) is 0 Å². The number of hydrogen-bond acceptors (Lipinski definition) is 6. The lowest BCUT2D eigenvalue weighted by Crippen LogP contribution is -2.33. The fraction of sp³-hybridized carbons (Fsp3) is 0.409. The number of likely N-dealkylation sites (tertiary alicyclic amines) is 1. The molecule has 1 N–H and O–H groups in total. The Balaban J connectivity index is 1.52. The summed E-state index contributed by atoms with van der Waals surface area (Å²) in [5.74, 6) is 1.44. The molecule has 0 bridgehead atoms. The third kappa shape index (κ3) is 3.82. The molecule has 1 aliphatic rings. The summed E-state index contributed by atoms with van der Waals surface area (Å²) < 4.78 is 12.3. The number of carbonyl (C=O) groups is 1. The minimum absolute atomic E-state index is 0.0464. The molecule has 1 saturated heterocycles. The molecule has 0 radical (unpaired) electrons. The summed E-state index contributed by atoms with van der Waals surface area (Å²) in [5.41, 5.74) is 2.98. The standard InChI is InChI=1S/C22H26N4O4/c1-25-17-11-15(22(28)30-3)12-18(29-2)21(17)24-19(25)13-26-9-7-14(8-10-26)16-5-4-6-20(27)23-16/h4-6,11-12,14H,7-10,13H2,1-3H3,(H,23,27). The number of aromatic nitrogens is 3. The van der Waals surface area contributed by atoms with Gasteiger partial charge in [-0.25, -0.2) is 9.78 Å². The molecule has 4 rings (SSSR count). The number of aryl methyl sites for hydroxylation is 1. The van der Waals surface area contributed by atoms with E-state index in [1.807, 2.05) is 23.7 Å². The van der Waals surface area contributed by atoms with Crippen LogP contribution in [-0.4, -0.2) is 52.7 Å². The normalized spacial score (nSPS) is 15.4. The van der Waals surface area contributed by atoms with E-state index in [9.17, 15) is 9.59 Å². The summed E-state index contributed by atoms with van der Waals surface area (Å²) in [6.07, 6.45) is 1.97. The molecule has 3 heterocycles. The molecule has 0 amide bonds. The number of methoxy groups -OCH3 is 2. The van der Waals surface area contributed by atoms with Crippen LogP contribution in [0.3, 0.4) is 0 Å². The molecule has 0 aliphatic carbocycles. The number of nitrogens with zero attached hydrogens (tertiary/aromatic N) is 3. The zero-order valence-corrected chi connectivity index (χ0v) is 17.5. The van der Waals surface area contributed by atoms with Crippen molar-refractivity contribution in [2.24, 2.45) is 7.05 Å². The number of nitrogens with one attached hydrogen (secondary N) is 1. The maximum Gasteiger partial charge on any atom is 0.338 e. The van der Waals surface area contributed by atoms with E-state index >= 15 is 0 Å². The van der Waals surface area contributed by atoms with Crippen LogP contribution in [0.1, 0.15) is 40.6 Å². The van der Waals surface area contributed by atoms with Crippen LogP contribution in [0.25, 0.3) is 11.0 Å². The third-order valence-corrected chi connectivity index (χ3v) is 5.87. The molecule has 0 unspecified atom stereocenters. The summed E-state index contributed by atoms with van der Waals surface area (Å²) in [6, 6.07) is 8.81. The Kier molecular flexibility index (Phi) is 5.59. The van der Waals surface area contributed by atoms with Gasteiger partial charge in [0, 0.05) is 24.7 Å². The molecular weight excluding hydrogens is 384 g/mol. The number of imidazole rings is 1. The van der Waals surface area contributed by atoms with E-state index < -0.39 is 5.97 Å². The van der Waals surface area contributed by atoms with Crippen molar-refractivity contribution in [1.29, 1.82) is 0 Å². The van der Waals surface area contributed by atoms with Crippen molar-refractivity contribution >= 4 is 17.0 Å². The van der Waals surface area contributed by atoms with Gasteiger partial charge < -0.3 is 19.0 Å². The number of ether oxygens (including phenoxy) is 2. The number of benzene rings is 1. The number of pyridine rings is 1. The lowest BCUT2D eigenvalue weighted by molar-refractivity contribution is 0.0600. The van der Waals surface area contributed by atoms with Crippen LogP contribution in [0.2, 0.25) is 0 Å². The van der Waals surface area contributed by atoms with Gasteiger partial charge in [-0.05, 0) is 44.1 Å². The van der Waals surface area contributed by atoms with Crippen molar-refractivity contribution in [2.45, 2.75) is 25.3 Å². The fourth-order valence-corrected chi connectivity index (χ4v) is 4.14. The molecule has 1 fully saturated rings. The Morgan fingerprint density at radius 1 is 1.23 bits per heavy atom. The smallest absolute Gasteiger partial charge is 0.338 e. The predicted octanol–water partition coefficient (Wildman–Crippen LogP) is 2.44. The molecule has 0 atom stereocenters. The Morgan fingerprint density at radius 2 is 2.00 bits per heavy atom. The van der Waals surface area contributed by atoms with Crippen molar-refractivity contribution in [3.05, 3.63) is 57.8 Å². The van der Waals surface area contributed by atoms with Gasteiger partial charge in [0.2, 0.25) is 5.56 Å². The molecular formula is C22H26N4O4. The van der Waals surface area contributed by atoms with Gasteiger partial charge in [-0.3, -0.25) is 9.69 Å². The van der Waals surface area contributed by atoms with Gasteiger partial charge in [-0.1, -0.05) is 6.07 Å². The van der Waals surface area contributed by atoms with Gasteiger partial charge in [-0.15, -0.1) is 0 Å². The Labute approximate surface area is 174 Å². The molecule has 3 aromatic rings. The molecule has 1 aliphatic heterocycles. The highest BCUT2D eigenvalue weighted by atomic mass is 16.5. The Hall–Kier alpha value is -3.13. The van der Waals surface area contributed by atoms with E-state index in [-0.39, 0.29) is 5.56 Å². The number of piperidine rings is 1. The quantitative estimate of drug-likeness (QED) is 0.650. The summed E-state index contributed by atoms with van der Waals surface area (Å²) >= 11 is 0. The number of rotatable bonds is 5. The third-order valence-electron chi connectivity index (χ3n) is 5.87. The van der Waals surface area contributed by atoms with Gasteiger partial charge in [0.15, 0.2) is 0 Å². The molecule has 8 heteroatoms. The van der Waals surface area contributed by atoms with Crippen molar-refractivity contribution in [3.63, 3.8) is 0 Å². The fourth-order valence-electron chi connectivity index (χ4n) is 4.14.